The molecule has 0 saturated heterocycles. The molecular formula is C11H14ClNOS. The molecule has 0 aromatic heterocycles. The molecule has 1 fully saturated rings. The van der Waals surface area contributed by atoms with E-state index in [4.69, 9.17) is 17.3 Å². The highest BCUT2D eigenvalue weighted by Gasteiger charge is 2.29. The number of hydrogen-bond donors (Lipinski definition) is 1. The molecule has 15 heavy (non-hydrogen) atoms. The summed E-state index contributed by atoms with van der Waals surface area (Å²) in [5.41, 5.74) is 5.93. The zero-order chi connectivity index (χ0) is 10.8. The van der Waals surface area contributed by atoms with Gasteiger partial charge in [-0.25, -0.2) is 0 Å². The van der Waals surface area contributed by atoms with Crippen LogP contribution in [0.3, 0.4) is 0 Å². The van der Waals surface area contributed by atoms with Crippen molar-refractivity contribution in [2.45, 2.75) is 23.8 Å². The van der Waals surface area contributed by atoms with Crippen LogP contribution in [-0.4, -0.2) is 16.0 Å². The molecule has 2 N–H and O–H groups in total. The third-order valence-corrected chi connectivity index (χ3v) is 4.63. The first-order valence-electron chi connectivity index (χ1n) is 5.07. The maximum absolute atomic E-state index is 12.0. The Morgan fingerprint density at radius 2 is 2.13 bits per heavy atom. The predicted molar refractivity (Wildman–Crippen MR) is 63.4 cm³/mol. The van der Waals surface area contributed by atoms with Gasteiger partial charge in [0, 0.05) is 11.8 Å². The minimum Gasteiger partial charge on any atom is -0.327 e. The van der Waals surface area contributed by atoms with E-state index >= 15 is 0 Å². The molecule has 0 radical (unpaired) electrons. The zero-order valence-electron chi connectivity index (χ0n) is 8.36. The molecule has 1 aromatic carbocycles. The van der Waals surface area contributed by atoms with E-state index in [1.54, 1.807) is 12.1 Å². The van der Waals surface area contributed by atoms with Crippen molar-refractivity contribution in [1.82, 2.24) is 0 Å². The van der Waals surface area contributed by atoms with Crippen molar-refractivity contribution < 1.29 is 4.21 Å². The first kappa shape index (κ1) is 11.1. The lowest BCUT2D eigenvalue weighted by Gasteiger charge is -2.10. The van der Waals surface area contributed by atoms with Crippen molar-refractivity contribution in [2.75, 3.05) is 5.75 Å². The molecule has 2 nitrogen and oxygen atoms in total. The van der Waals surface area contributed by atoms with Crippen LogP contribution in [0.1, 0.15) is 12.8 Å². The summed E-state index contributed by atoms with van der Waals surface area (Å²) in [6, 6.07) is 7.31. The molecule has 2 atom stereocenters. The summed E-state index contributed by atoms with van der Waals surface area (Å²) >= 11 is 5.96. The highest BCUT2D eigenvalue weighted by molar-refractivity contribution is 7.85. The van der Waals surface area contributed by atoms with Crippen molar-refractivity contribution in [3.63, 3.8) is 0 Å². The van der Waals surface area contributed by atoms with Crippen LogP contribution < -0.4 is 5.73 Å². The largest absolute Gasteiger partial charge is 0.327 e. The molecule has 2 unspecified atom stereocenters. The van der Waals surface area contributed by atoms with E-state index in [-0.39, 0.29) is 6.04 Å². The van der Waals surface area contributed by atoms with Crippen LogP contribution in [0.25, 0.3) is 0 Å². The molecule has 0 amide bonds. The monoisotopic (exact) mass is 243 g/mol. The van der Waals surface area contributed by atoms with Gasteiger partial charge in [0.2, 0.25) is 0 Å². The highest BCUT2D eigenvalue weighted by atomic mass is 35.5. The van der Waals surface area contributed by atoms with E-state index in [2.05, 4.69) is 0 Å². The Bertz CT molecular complexity index is 379. The van der Waals surface area contributed by atoms with E-state index in [1.165, 1.54) is 12.8 Å². The highest BCUT2D eigenvalue weighted by Crippen LogP contribution is 2.32. The number of rotatable bonds is 4. The van der Waals surface area contributed by atoms with Gasteiger partial charge in [0.05, 0.1) is 20.7 Å². The molecule has 4 heteroatoms. The van der Waals surface area contributed by atoms with E-state index in [0.29, 0.717) is 21.6 Å². The van der Waals surface area contributed by atoms with Gasteiger partial charge in [-0.05, 0) is 30.9 Å². The van der Waals surface area contributed by atoms with Crippen molar-refractivity contribution in [3.8, 4) is 0 Å². The van der Waals surface area contributed by atoms with E-state index in [1.807, 2.05) is 12.1 Å². The molecule has 1 aliphatic rings. The van der Waals surface area contributed by atoms with Crippen LogP contribution in [0, 0.1) is 5.92 Å². The lowest BCUT2D eigenvalue weighted by atomic mass is 10.2. The average molecular weight is 244 g/mol. The second kappa shape index (κ2) is 4.64. The Morgan fingerprint density at radius 1 is 1.47 bits per heavy atom. The van der Waals surface area contributed by atoms with Crippen LogP contribution in [0.2, 0.25) is 5.02 Å². The van der Waals surface area contributed by atoms with Gasteiger partial charge in [0.25, 0.3) is 0 Å². The van der Waals surface area contributed by atoms with Gasteiger partial charge in [-0.15, -0.1) is 0 Å². The second-order valence-electron chi connectivity index (χ2n) is 3.94. The maximum atomic E-state index is 12.0. The lowest BCUT2D eigenvalue weighted by molar-refractivity contribution is 0.634. The predicted octanol–water partition coefficient (Wildman–Crippen LogP) is 2.18. The minimum atomic E-state index is -1.06. The Morgan fingerprint density at radius 3 is 2.73 bits per heavy atom. The normalized spacial score (nSPS) is 19.9. The third kappa shape index (κ3) is 2.80. The van der Waals surface area contributed by atoms with Crippen molar-refractivity contribution in [3.05, 3.63) is 29.3 Å². The topological polar surface area (TPSA) is 43.1 Å². The van der Waals surface area contributed by atoms with Crippen molar-refractivity contribution in [1.29, 1.82) is 0 Å². The Kier molecular flexibility index (Phi) is 3.44. The van der Waals surface area contributed by atoms with Crippen molar-refractivity contribution >= 4 is 22.4 Å². The van der Waals surface area contributed by atoms with Gasteiger partial charge in [-0.3, -0.25) is 4.21 Å². The van der Waals surface area contributed by atoms with Gasteiger partial charge < -0.3 is 5.73 Å². The average Bonchev–Trinajstić information content (AvgIpc) is 3.01. The summed E-state index contributed by atoms with van der Waals surface area (Å²) in [6.45, 7) is 0. The van der Waals surface area contributed by atoms with Crippen LogP contribution in [0.4, 0.5) is 0 Å². The molecule has 0 heterocycles. The summed E-state index contributed by atoms with van der Waals surface area (Å²) in [4.78, 5) is 0.704. The molecule has 0 bridgehead atoms. The SMILES string of the molecule is NC(CS(=O)c1ccccc1Cl)C1CC1. The summed E-state index contributed by atoms with van der Waals surface area (Å²) in [6.07, 6.45) is 2.36. The minimum absolute atomic E-state index is 0.0575. The number of halogens is 1. The summed E-state index contributed by atoms with van der Waals surface area (Å²) in [5, 5.41) is 0.568. The van der Waals surface area contributed by atoms with Crippen LogP contribution in [0.5, 0.6) is 0 Å². The molecule has 2 rings (SSSR count). The second-order valence-corrected chi connectivity index (χ2v) is 5.82. The first-order valence-corrected chi connectivity index (χ1v) is 6.76. The number of hydrogen-bond acceptors (Lipinski definition) is 2. The smallest absolute Gasteiger partial charge is 0.0574 e. The lowest BCUT2D eigenvalue weighted by Crippen LogP contribution is -2.29. The van der Waals surface area contributed by atoms with Crippen LogP contribution >= 0.6 is 11.6 Å². The Hall–Kier alpha value is -0.380. The van der Waals surface area contributed by atoms with Crippen LogP contribution in [0.15, 0.2) is 29.2 Å². The van der Waals surface area contributed by atoms with E-state index < -0.39 is 10.8 Å². The molecule has 1 aromatic rings. The summed E-state index contributed by atoms with van der Waals surface area (Å²) < 4.78 is 12.0. The van der Waals surface area contributed by atoms with Gasteiger partial charge in [-0.2, -0.15) is 0 Å². The van der Waals surface area contributed by atoms with E-state index in [9.17, 15) is 4.21 Å². The first-order chi connectivity index (χ1) is 7.18. The molecule has 1 aliphatic carbocycles. The fourth-order valence-electron chi connectivity index (χ4n) is 1.55. The van der Waals surface area contributed by atoms with Crippen LogP contribution in [-0.2, 0) is 10.8 Å². The maximum Gasteiger partial charge on any atom is 0.0574 e. The molecule has 0 aliphatic heterocycles. The number of nitrogens with two attached hydrogens (primary N) is 1. The summed E-state index contributed by atoms with van der Waals surface area (Å²) in [5.74, 6) is 1.10. The fourth-order valence-corrected chi connectivity index (χ4v) is 3.27. The van der Waals surface area contributed by atoms with Gasteiger partial charge >= 0.3 is 0 Å². The molecule has 1 saturated carbocycles. The van der Waals surface area contributed by atoms with E-state index in [0.717, 1.165) is 0 Å². The quantitative estimate of drug-likeness (QED) is 0.881. The Labute approximate surface area is 97.3 Å². The third-order valence-electron chi connectivity index (χ3n) is 2.65. The Balaban J connectivity index is 2.04. The zero-order valence-corrected chi connectivity index (χ0v) is 9.93. The fraction of sp³-hybridized carbons (Fsp3) is 0.455. The van der Waals surface area contributed by atoms with Gasteiger partial charge in [0.15, 0.2) is 0 Å². The van der Waals surface area contributed by atoms with Gasteiger partial charge in [0.1, 0.15) is 0 Å². The van der Waals surface area contributed by atoms with Crippen molar-refractivity contribution in [2.24, 2.45) is 11.7 Å². The number of benzene rings is 1. The molecule has 0 spiro atoms. The molecular weight excluding hydrogens is 230 g/mol. The standard InChI is InChI=1S/C11H14ClNOS/c12-9-3-1-2-4-11(9)15(14)7-10(13)8-5-6-8/h1-4,8,10H,5-7,13H2. The van der Waals surface area contributed by atoms with Gasteiger partial charge in [-0.1, -0.05) is 23.7 Å². The summed E-state index contributed by atoms with van der Waals surface area (Å²) in [7, 11) is -1.06. The molecule has 82 valence electrons.